The van der Waals surface area contributed by atoms with Crippen LogP contribution in [0.15, 0.2) is 35.6 Å². The van der Waals surface area contributed by atoms with Gasteiger partial charge in [0.15, 0.2) is 0 Å². The summed E-state index contributed by atoms with van der Waals surface area (Å²) >= 11 is 0. The molecule has 2 aliphatic rings. The summed E-state index contributed by atoms with van der Waals surface area (Å²) in [7, 11) is 0. The summed E-state index contributed by atoms with van der Waals surface area (Å²) in [5, 5.41) is 0. The Labute approximate surface area is 67.1 Å². The first-order chi connectivity index (χ1) is 5.21. The average molecular weight is 148 g/mol. The molecule has 0 fully saturated rings. The van der Waals surface area contributed by atoms with Gasteiger partial charge in [0.05, 0.1) is 6.26 Å². The standard InChI is InChI=1S/C10H12O/c1-8-3-5-10(2)9(7-8)4-6-11-10/h3-4,6-7H,5H2,1-2H3. The maximum atomic E-state index is 5.50. The van der Waals surface area contributed by atoms with Crippen molar-refractivity contribution in [2.75, 3.05) is 0 Å². The van der Waals surface area contributed by atoms with Gasteiger partial charge in [-0.05, 0) is 25.5 Å². The van der Waals surface area contributed by atoms with Gasteiger partial charge in [-0.2, -0.15) is 0 Å². The smallest absolute Gasteiger partial charge is 0.134 e. The zero-order valence-electron chi connectivity index (χ0n) is 6.92. The molecule has 0 spiro atoms. The minimum Gasteiger partial charge on any atom is -0.490 e. The Morgan fingerprint density at radius 3 is 3.18 bits per heavy atom. The summed E-state index contributed by atoms with van der Waals surface area (Å²) in [6.07, 6.45) is 9.25. The van der Waals surface area contributed by atoms with Crippen LogP contribution in [0.4, 0.5) is 0 Å². The molecule has 1 aliphatic carbocycles. The van der Waals surface area contributed by atoms with E-state index in [1.54, 1.807) is 6.26 Å². The molecule has 0 saturated carbocycles. The molecule has 1 unspecified atom stereocenters. The first-order valence-electron chi connectivity index (χ1n) is 3.94. The third-order valence-corrected chi connectivity index (χ3v) is 2.38. The fourth-order valence-corrected chi connectivity index (χ4v) is 1.53. The number of rotatable bonds is 0. The average Bonchev–Trinajstić information content (AvgIpc) is 2.31. The minimum absolute atomic E-state index is 0.0560. The second-order valence-electron chi connectivity index (χ2n) is 3.40. The molecule has 1 heteroatoms. The first-order valence-corrected chi connectivity index (χ1v) is 3.94. The summed E-state index contributed by atoms with van der Waals surface area (Å²) < 4.78 is 5.50. The quantitative estimate of drug-likeness (QED) is 0.513. The Hall–Kier alpha value is -0.980. The van der Waals surface area contributed by atoms with E-state index in [2.05, 4.69) is 32.1 Å². The highest BCUT2D eigenvalue weighted by molar-refractivity contribution is 5.42. The van der Waals surface area contributed by atoms with Crippen molar-refractivity contribution in [1.29, 1.82) is 0 Å². The van der Waals surface area contributed by atoms with Crippen LogP contribution in [-0.4, -0.2) is 5.60 Å². The number of hydrogen-bond donors (Lipinski definition) is 0. The summed E-state index contributed by atoms with van der Waals surface area (Å²) in [5.41, 5.74) is 2.59. The van der Waals surface area contributed by atoms with E-state index >= 15 is 0 Å². The highest BCUT2D eigenvalue weighted by Gasteiger charge is 2.32. The molecular formula is C10H12O. The van der Waals surface area contributed by atoms with Crippen molar-refractivity contribution in [3.63, 3.8) is 0 Å². The number of hydrogen-bond acceptors (Lipinski definition) is 1. The van der Waals surface area contributed by atoms with Gasteiger partial charge in [-0.25, -0.2) is 0 Å². The lowest BCUT2D eigenvalue weighted by molar-refractivity contribution is 0.0956. The van der Waals surface area contributed by atoms with Crippen molar-refractivity contribution in [2.24, 2.45) is 0 Å². The van der Waals surface area contributed by atoms with Crippen LogP contribution in [0.1, 0.15) is 20.3 Å². The van der Waals surface area contributed by atoms with Crippen LogP contribution < -0.4 is 0 Å². The molecule has 1 atom stereocenters. The van der Waals surface area contributed by atoms with Crippen LogP contribution in [0.3, 0.4) is 0 Å². The molecule has 0 saturated heterocycles. The monoisotopic (exact) mass is 148 g/mol. The predicted octanol–water partition coefficient (Wildman–Crippen LogP) is 2.57. The lowest BCUT2D eigenvalue weighted by Crippen LogP contribution is -2.26. The van der Waals surface area contributed by atoms with Crippen LogP contribution in [0.2, 0.25) is 0 Å². The van der Waals surface area contributed by atoms with E-state index in [1.807, 2.05) is 0 Å². The molecule has 0 amide bonds. The van der Waals surface area contributed by atoms with E-state index < -0.39 is 0 Å². The molecule has 0 radical (unpaired) electrons. The van der Waals surface area contributed by atoms with Crippen LogP contribution in [0, 0.1) is 0 Å². The second kappa shape index (κ2) is 2.00. The summed E-state index contributed by atoms with van der Waals surface area (Å²) in [4.78, 5) is 0. The third-order valence-electron chi connectivity index (χ3n) is 2.38. The molecule has 1 aliphatic heterocycles. The zero-order chi connectivity index (χ0) is 7.90. The summed E-state index contributed by atoms with van der Waals surface area (Å²) in [5.74, 6) is 0. The fourth-order valence-electron chi connectivity index (χ4n) is 1.53. The second-order valence-corrected chi connectivity index (χ2v) is 3.40. The highest BCUT2D eigenvalue weighted by Crippen LogP contribution is 2.36. The molecule has 11 heavy (non-hydrogen) atoms. The molecule has 2 rings (SSSR count). The molecular weight excluding hydrogens is 136 g/mol. The molecule has 1 heterocycles. The Morgan fingerprint density at radius 1 is 1.55 bits per heavy atom. The molecule has 0 bridgehead atoms. The highest BCUT2D eigenvalue weighted by atomic mass is 16.5. The number of allylic oxidation sites excluding steroid dienone is 2. The van der Waals surface area contributed by atoms with Crippen molar-refractivity contribution in [3.8, 4) is 0 Å². The fraction of sp³-hybridized carbons (Fsp3) is 0.400. The molecule has 0 aromatic rings. The van der Waals surface area contributed by atoms with Crippen molar-refractivity contribution in [1.82, 2.24) is 0 Å². The maximum Gasteiger partial charge on any atom is 0.134 e. The number of fused-ring (bicyclic) bond motifs is 1. The Morgan fingerprint density at radius 2 is 2.36 bits per heavy atom. The van der Waals surface area contributed by atoms with Gasteiger partial charge in [0.25, 0.3) is 0 Å². The third kappa shape index (κ3) is 0.917. The van der Waals surface area contributed by atoms with Crippen LogP contribution in [0.25, 0.3) is 0 Å². The summed E-state index contributed by atoms with van der Waals surface area (Å²) in [6, 6.07) is 0. The molecule has 1 nitrogen and oxygen atoms in total. The molecule has 0 aromatic carbocycles. The molecule has 0 N–H and O–H groups in total. The van der Waals surface area contributed by atoms with Gasteiger partial charge in [-0.15, -0.1) is 0 Å². The Balaban J connectivity index is 2.40. The van der Waals surface area contributed by atoms with E-state index in [9.17, 15) is 0 Å². The lowest BCUT2D eigenvalue weighted by atomic mass is 9.87. The van der Waals surface area contributed by atoms with Gasteiger partial charge in [0, 0.05) is 6.42 Å². The van der Waals surface area contributed by atoms with E-state index in [0.29, 0.717) is 0 Å². The lowest BCUT2D eigenvalue weighted by Gasteiger charge is -2.27. The van der Waals surface area contributed by atoms with Crippen LogP contribution >= 0.6 is 0 Å². The van der Waals surface area contributed by atoms with E-state index in [4.69, 9.17) is 4.74 Å². The first kappa shape index (κ1) is 6.71. The maximum absolute atomic E-state index is 5.50. The molecule has 0 aromatic heterocycles. The van der Waals surface area contributed by atoms with Crippen LogP contribution in [-0.2, 0) is 4.74 Å². The van der Waals surface area contributed by atoms with E-state index in [1.165, 1.54) is 11.1 Å². The van der Waals surface area contributed by atoms with Crippen LogP contribution in [0.5, 0.6) is 0 Å². The van der Waals surface area contributed by atoms with Crippen molar-refractivity contribution in [2.45, 2.75) is 25.9 Å². The SMILES string of the molecule is CC1=CCC2(C)OC=CC2=C1. The number of ether oxygens (including phenoxy) is 1. The largest absolute Gasteiger partial charge is 0.490 e. The molecule has 58 valence electrons. The van der Waals surface area contributed by atoms with E-state index in [0.717, 1.165) is 6.42 Å². The van der Waals surface area contributed by atoms with Crippen molar-refractivity contribution >= 4 is 0 Å². The van der Waals surface area contributed by atoms with Crippen molar-refractivity contribution < 1.29 is 4.74 Å². The van der Waals surface area contributed by atoms with Gasteiger partial charge >= 0.3 is 0 Å². The summed E-state index contributed by atoms with van der Waals surface area (Å²) in [6.45, 7) is 4.25. The van der Waals surface area contributed by atoms with Gasteiger partial charge in [0.2, 0.25) is 0 Å². The van der Waals surface area contributed by atoms with E-state index in [-0.39, 0.29) is 5.60 Å². The predicted molar refractivity (Wildman–Crippen MR) is 45.1 cm³/mol. The topological polar surface area (TPSA) is 9.23 Å². The van der Waals surface area contributed by atoms with Gasteiger partial charge in [0.1, 0.15) is 5.60 Å². The van der Waals surface area contributed by atoms with Gasteiger partial charge in [-0.3, -0.25) is 0 Å². The Kier molecular flexibility index (Phi) is 1.22. The minimum atomic E-state index is -0.0560. The zero-order valence-corrected chi connectivity index (χ0v) is 6.92. The Bertz CT molecular complexity index is 271. The van der Waals surface area contributed by atoms with Gasteiger partial charge in [-0.1, -0.05) is 17.7 Å². The van der Waals surface area contributed by atoms with Crippen molar-refractivity contribution in [3.05, 3.63) is 35.6 Å². The van der Waals surface area contributed by atoms with Gasteiger partial charge < -0.3 is 4.74 Å². The normalized spacial score (nSPS) is 34.0.